The Hall–Kier alpha value is -3.12. The molecule has 3 aromatic rings. The molecule has 1 saturated heterocycles. The predicted molar refractivity (Wildman–Crippen MR) is 116 cm³/mol. The van der Waals surface area contributed by atoms with Gasteiger partial charge in [0.25, 0.3) is 5.91 Å². The highest BCUT2D eigenvalue weighted by Crippen LogP contribution is 2.42. The number of likely N-dealkylation sites (N-methyl/N-ethyl adjacent to an activating group) is 1. The van der Waals surface area contributed by atoms with Crippen LogP contribution in [-0.2, 0) is 4.79 Å². The number of piperazine rings is 1. The second-order valence-corrected chi connectivity index (χ2v) is 8.32. The van der Waals surface area contributed by atoms with Crippen molar-refractivity contribution in [1.82, 2.24) is 19.7 Å². The molecule has 0 radical (unpaired) electrons. The molecule has 0 spiro atoms. The molecule has 1 N–H and O–H groups in total. The third kappa shape index (κ3) is 2.99. The molecule has 1 fully saturated rings. The van der Waals surface area contributed by atoms with Crippen molar-refractivity contribution >= 4 is 22.7 Å². The average molecular weight is 402 g/mol. The summed E-state index contributed by atoms with van der Waals surface area (Å²) in [6, 6.07) is 15.6. The fourth-order valence-corrected chi connectivity index (χ4v) is 4.80. The SMILES string of the molecule is Cc1[nH]c2ccccc2c1[C@H]1c2ccccc2C(=O)N1CC(=O)N1CCN(C)CC1. The van der Waals surface area contributed by atoms with Gasteiger partial charge < -0.3 is 19.7 Å². The van der Waals surface area contributed by atoms with Crippen molar-refractivity contribution in [2.45, 2.75) is 13.0 Å². The summed E-state index contributed by atoms with van der Waals surface area (Å²) in [5.74, 6) is -0.0468. The van der Waals surface area contributed by atoms with Gasteiger partial charge in [-0.15, -0.1) is 0 Å². The average Bonchev–Trinajstić information content (AvgIpc) is 3.22. The number of rotatable bonds is 3. The van der Waals surface area contributed by atoms with Crippen LogP contribution in [0.5, 0.6) is 0 Å². The molecule has 2 aliphatic heterocycles. The minimum Gasteiger partial charge on any atom is -0.358 e. The Morgan fingerprint density at radius 3 is 2.53 bits per heavy atom. The first-order chi connectivity index (χ1) is 14.5. The highest BCUT2D eigenvalue weighted by Gasteiger charge is 2.41. The fraction of sp³-hybridized carbons (Fsp3) is 0.333. The molecule has 6 heteroatoms. The molecule has 2 amide bonds. The maximum atomic E-state index is 13.4. The van der Waals surface area contributed by atoms with Crippen LogP contribution in [-0.4, -0.2) is 71.3 Å². The number of carbonyl (C=O) groups is 2. The van der Waals surface area contributed by atoms with E-state index < -0.39 is 0 Å². The zero-order valence-electron chi connectivity index (χ0n) is 17.4. The number of hydrogen-bond acceptors (Lipinski definition) is 3. The normalized spacial score (nSPS) is 19.5. The maximum Gasteiger partial charge on any atom is 0.255 e. The number of nitrogens with zero attached hydrogens (tertiary/aromatic N) is 3. The van der Waals surface area contributed by atoms with E-state index in [4.69, 9.17) is 0 Å². The van der Waals surface area contributed by atoms with Crippen LogP contribution >= 0.6 is 0 Å². The summed E-state index contributed by atoms with van der Waals surface area (Å²) in [6.45, 7) is 5.29. The van der Waals surface area contributed by atoms with Crippen LogP contribution < -0.4 is 0 Å². The van der Waals surface area contributed by atoms with Crippen LogP contribution in [0, 0.1) is 6.92 Å². The molecule has 0 bridgehead atoms. The molecule has 154 valence electrons. The van der Waals surface area contributed by atoms with Crippen molar-refractivity contribution in [1.29, 1.82) is 0 Å². The van der Waals surface area contributed by atoms with E-state index >= 15 is 0 Å². The number of benzene rings is 2. The molecule has 6 nitrogen and oxygen atoms in total. The van der Waals surface area contributed by atoms with Gasteiger partial charge in [0.1, 0.15) is 6.54 Å². The highest BCUT2D eigenvalue weighted by molar-refractivity contribution is 6.02. The summed E-state index contributed by atoms with van der Waals surface area (Å²) in [6.07, 6.45) is 0. The minimum absolute atomic E-state index is 0.0201. The van der Waals surface area contributed by atoms with E-state index in [0.29, 0.717) is 18.7 Å². The second kappa shape index (κ2) is 7.29. The summed E-state index contributed by atoms with van der Waals surface area (Å²) in [5.41, 5.74) is 4.82. The van der Waals surface area contributed by atoms with Crippen molar-refractivity contribution in [2.24, 2.45) is 0 Å². The third-order valence-corrected chi connectivity index (χ3v) is 6.44. The highest BCUT2D eigenvalue weighted by atomic mass is 16.2. The van der Waals surface area contributed by atoms with Crippen molar-refractivity contribution in [3.63, 3.8) is 0 Å². The standard InChI is InChI=1S/C24H26N4O2/c1-16-22(19-9-5-6-10-20(19)25-16)23-17-7-3-4-8-18(17)24(30)28(23)15-21(29)27-13-11-26(2)12-14-27/h3-10,23,25H,11-15H2,1-2H3/t23-/m1/s1. The first kappa shape index (κ1) is 18.9. The molecule has 30 heavy (non-hydrogen) atoms. The van der Waals surface area contributed by atoms with Crippen LogP contribution in [0.4, 0.5) is 0 Å². The van der Waals surface area contributed by atoms with Crippen LogP contribution in [0.3, 0.4) is 0 Å². The Balaban J connectivity index is 1.55. The number of para-hydroxylation sites is 1. The summed E-state index contributed by atoms with van der Waals surface area (Å²) in [7, 11) is 2.07. The molecule has 0 unspecified atom stereocenters. The number of carbonyl (C=O) groups excluding carboxylic acids is 2. The van der Waals surface area contributed by atoms with E-state index in [2.05, 4.69) is 23.0 Å². The number of fused-ring (bicyclic) bond motifs is 2. The quantitative estimate of drug-likeness (QED) is 0.733. The molecule has 2 aliphatic rings. The monoisotopic (exact) mass is 402 g/mol. The topological polar surface area (TPSA) is 59.7 Å². The summed E-state index contributed by atoms with van der Waals surface area (Å²) < 4.78 is 0. The Labute approximate surface area is 176 Å². The van der Waals surface area contributed by atoms with E-state index in [1.165, 1.54) is 0 Å². The van der Waals surface area contributed by atoms with Gasteiger partial charge in [0, 0.05) is 53.9 Å². The Morgan fingerprint density at radius 2 is 1.73 bits per heavy atom. The summed E-state index contributed by atoms with van der Waals surface area (Å²) in [4.78, 5) is 35.8. The van der Waals surface area contributed by atoms with Crippen molar-refractivity contribution in [2.75, 3.05) is 39.8 Å². The van der Waals surface area contributed by atoms with Gasteiger partial charge in [-0.05, 0) is 31.7 Å². The zero-order valence-corrected chi connectivity index (χ0v) is 17.4. The van der Waals surface area contributed by atoms with Crippen LogP contribution in [0.15, 0.2) is 48.5 Å². The Kier molecular flexibility index (Phi) is 4.59. The van der Waals surface area contributed by atoms with Crippen LogP contribution in [0.25, 0.3) is 10.9 Å². The first-order valence-electron chi connectivity index (χ1n) is 10.5. The lowest BCUT2D eigenvalue weighted by Crippen LogP contribution is -2.50. The number of aryl methyl sites for hydroxylation is 1. The van der Waals surface area contributed by atoms with Gasteiger partial charge in [0.05, 0.1) is 6.04 Å². The van der Waals surface area contributed by atoms with E-state index in [0.717, 1.165) is 40.8 Å². The molecule has 3 heterocycles. The van der Waals surface area contributed by atoms with Gasteiger partial charge in [0.2, 0.25) is 5.91 Å². The molecule has 1 aromatic heterocycles. The molecule has 0 saturated carbocycles. The first-order valence-corrected chi connectivity index (χ1v) is 10.5. The maximum absolute atomic E-state index is 13.4. The largest absolute Gasteiger partial charge is 0.358 e. The molecule has 0 aliphatic carbocycles. The molecular formula is C24H26N4O2. The predicted octanol–water partition coefficient (Wildman–Crippen LogP) is 2.80. The molecule has 5 rings (SSSR count). The van der Waals surface area contributed by atoms with E-state index in [1.807, 2.05) is 54.3 Å². The number of hydrogen-bond donors (Lipinski definition) is 1. The number of nitrogens with one attached hydrogen (secondary N) is 1. The van der Waals surface area contributed by atoms with Gasteiger partial charge in [-0.1, -0.05) is 36.4 Å². The Morgan fingerprint density at radius 1 is 1.03 bits per heavy atom. The number of amides is 2. The smallest absolute Gasteiger partial charge is 0.255 e. The Bertz CT molecular complexity index is 1130. The third-order valence-electron chi connectivity index (χ3n) is 6.44. The molecule has 2 aromatic carbocycles. The van der Waals surface area contributed by atoms with E-state index in [9.17, 15) is 9.59 Å². The van der Waals surface area contributed by atoms with Crippen molar-refractivity contribution in [3.8, 4) is 0 Å². The van der Waals surface area contributed by atoms with Crippen molar-refractivity contribution in [3.05, 3.63) is 70.9 Å². The summed E-state index contributed by atoms with van der Waals surface area (Å²) in [5, 5.41) is 1.10. The van der Waals surface area contributed by atoms with Gasteiger partial charge in [-0.2, -0.15) is 0 Å². The van der Waals surface area contributed by atoms with Gasteiger partial charge in [-0.3, -0.25) is 9.59 Å². The number of aromatic amines is 1. The van der Waals surface area contributed by atoms with E-state index in [-0.39, 0.29) is 24.4 Å². The lowest BCUT2D eigenvalue weighted by atomic mass is 9.95. The number of H-pyrrole nitrogens is 1. The lowest BCUT2D eigenvalue weighted by Gasteiger charge is -2.34. The summed E-state index contributed by atoms with van der Waals surface area (Å²) >= 11 is 0. The minimum atomic E-state index is -0.263. The van der Waals surface area contributed by atoms with Gasteiger partial charge >= 0.3 is 0 Å². The molecular weight excluding hydrogens is 376 g/mol. The van der Waals surface area contributed by atoms with Crippen molar-refractivity contribution < 1.29 is 9.59 Å². The van der Waals surface area contributed by atoms with Gasteiger partial charge in [0.15, 0.2) is 0 Å². The van der Waals surface area contributed by atoms with Crippen LogP contribution in [0.1, 0.15) is 33.2 Å². The number of aromatic nitrogens is 1. The van der Waals surface area contributed by atoms with E-state index in [1.54, 1.807) is 4.90 Å². The fourth-order valence-electron chi connectivity index (χ4n) is 4.80. The van der Waals surface area contributed by atoms with Gasteiger partial charge in [-0.25, -0.2) is 0 Å². The zero-order chi connectivity index (χ0) is 20.8. The second-order valence-electron chi connectivity index (χ2n) is 8.32. The van der Waals surface area contributed by atoms with Crippen LogP contribution in [0.2, 0.25) is 0 Å². The lowest BCUT2D eigenvalue weighted by molar-refractivity contribution is -0.133. The molecule has 1 atom stereocenters.